The topological polar surface area (TPSA) is 106 Å². The van der Waals surface area contributed by atoms with Gasteiger partial charge in [-0.1, -0.05) is 47.7 Å². The monoisotopic (exact) mass is 387 g/mol. The molecule has 5 rings (SSSR count). The van der Waals surface area contributed by atoms with Crippen molar-refractivity contribution < 1.29 is 10.2 Å². The Morgan fingerprint density at radius 3 is 2.71 bits per heavy atom. The average Bonchev–Trinajstić information content (AvgIpc) is 3.35. The van der Waals surface area contributed by atoms with Crippen LogP contribution in [0.5, 0.6) is 11.8 Å². The van der Waals surface area contributed by atoms with Crippen molar-refractivity contribution in [2.75, 3.05) is 0 Å². The summed E-state index contributed by atoms with van der Waals surface area (Å²) in [6.07, 6.45) is 3.70. The molecule has 0 amide bonds. The van der Waals surface area contributed by atoms with E-state index in [1.807, 2.05) is 54.6 Å². The van der Waals surface area contributed by atoms with E-state index in [2.05, 4.69) is 25.2 Å². The minimum Gasteiger partial charge on any atom is -0.493 e. The van der Waals surface area contributed by atoms with Gasteiger partial charge in [-0.05, 0) is 24.3 Å². The van der Waals surface area contributed by atoms with Crippen molar-refractivity contribution in [1.29, 1.82) is 0 Å². The van der Waals surface area contributed by atoms with Gasteiger partial charge < -0.3 is 15.2 Å². The van der Waals surface area contributed by atoms with Crippen LogP contribution in [0, 0.1) is 0 Å². The normalized spacial score (nSPS) is 14.5. The second-order valence-corrected chi connectivity index (χ2v) is 7.15. The summed E-state index contributed by atoms with van der Waals surface area (Å²) < 4.78 is 0. The highest BCUT2D eigenvalue weighted by Crippen LogP contribution is 2.38. The number of hydrogen-bond acceptors (Lipinski definition) is 7. The molecule has 0 fully saturated rings. The number of aromatic nitrogens is 2. The Morgan fingerprint density at radius 2 is 1.82 bits per heavy atom. The van der Waals surface area contributed by atoms with Crippen LogP contribution in [0.2, 0.25) is 0 Å². The van der Waals surface area contributed by atoms with E-state index in [1.165, 1.54) is 11.3 Å². The predicted octanol–water partition coefficient (Wildman–Crippen LogP) is 3.91. The lowest BCUT2D eigenvalue weighted by atomic mass is 10.2. The Labute approximate surface area is 162 Å². The van der Waals surface area contributed by atoms with Crippen LogP contribution in [0.25, 0.3) is 23.1 Å². The first-order valence-electron chi connectivity index (χ1n) is 8.46. The lowest BCUT2D eigenvalue weighted by molar-refractivity contribution is 0.456. The van der Waals surface area contributed by atoms with Crippen molar-refractivity contribution in [3.63, 3.8) is 0 Å². The van der Waals surface area contributed by atoms with Crippen LogP contribution in [0.4, 0.5) is 10.8 Å². The summed E-state index contributed by atoms with van der Waals surface area (Å²) in [6, 6.07) is 15.2. The molecule has 0 radical (unpaired) electrons. The number of aromatic hydroxyl groups is 2. The zero-order chi connectivity index (χ0) is 19.1. The Bertz CT molecular complexity index is 1360. The largest absolute Gasteiger partial charge is 0.493 e. The van der Waals surface area contributed by atoms with Crippen LogP contribution in [0.15, 0.2) is 69.4 Å². The van der Waals surface area contributed by atoms with Crippen LogP contribution < -0.4 is 10.6 Å². The molecule has 2 aromatic heterocycles. The van der Waals surface area contributed by atoms with Crippen molar-refractivity contribution in [2.45, 2.75) is 0 Å². The van der Waals surface area contributed by atoms with Gasteiger partial charge in [0.2, 0.25) is 16.9 Å². The molecule has 2 aromatic carbocycles. The van der Waals surface area contributed by atoms with E-state index in [-0.39, 0.29) is 16.9 Å². The van der Waals surface area contributed by atoms with E-state index in [4.69, 9.17) is 0 Å². The quantitative estimate of drug-likeness (QED) is 0.464. The van der Waals surface area contributed by atoms with Gasteiger partial charge in [0.1, 0.15) is 0 Å². The highest BCUT2D eigenvalue weighted by Gasteiger charge is 2.12. The number of azo groups is 1. The molecule has 0 atom stereocenters. The van der Waals surface area contributed by atoms with Crippen LogP contribution in [0.1, 0.15) is 4.88 Å². The van der Waals surface area contributed by atoms with Gasteiger partial charge in [-0.3, -0.25) is 0 Å². The molecule has 0 bridgehead atoms. The third-order valence-electron chi connectivity index (χ3n) is 4.29. The highest BCUT2D eigenvalue weighted by molar-refractivity contribution is 7.16. The summed E-state index contributed by atoms with van der Waals surface area (Å²) in [6.45, 7) is 0. The number of para-hydroxylation sites is 2. The van der Waals surface area contributed by atoms with E-state index >= 15 is 0 Å². The molecule has 1 aliphatic heterocycles. The maximum absolute atomic E-state index is 10.1. The van der Waals surface area contributed by atoms with Gasteiger partial charge in [-0.25, -0.2) is 4.99 Å². The number of thiazole rings is 1. The molecule has 28 heavy (non-hydrogen) atoms. The zero-order valence-corrected chi connectivity index (χ0v) is 15.2. The number of benzene rings is 2. The second-order valence-electron chi connectivity index (χ2n) is 6.14. The number of H-pyrrole nitrogens is 1. The first kappa shape index (κ1) is 16.4. The molecule has 1 aliphatic rings. The fourth-order valence-electron chi connectivity index (χ4n) is 3.01. The third-order valence-corrected chi connectivity index (χ3v) is 5.16. The smallest absolute Gasteiger partial charge is 0.233 e. The molecule has 0 aliphatic carbocycles. The van der Waals surface area contributed by atoms with Crippen LogP contribution in [0.3, 0.4) is 0 Å². The minimum absolute atomic E-state index is 0.0646. The van der Waals surface area contributed by atoms with E-state index in [9.17, 15) is 10.2 Å². The van der Waals surface area contributed by atoms with Gasteiger partial charge in [-0.15, -0.1) is 10.2 Å². The van der Waals surface area contributed by atoms with Crippen molar-refractivity contribution in [1.82, 2.24) is 9.97 Å². The fourth-order valence-corrected chi connectivity index (χ4v) is 3.73. The predicted molar refractivity (Wildman–Crippen MR) is 108 cm³/mol. The van der Waals surface area contributed by atoms with E-state index in [0.717, 1.165) is 27.2 Å². The molecule has 3 N–H and O–H groups in total. The Hall–Kier alpha value is -3.78. The molecule has 0 saturated heterocycles. The molecule has 3 heterocycles. The van der Waals surface area contributed by atoms with Crippen LogP contribution >= 0.6 is 11.3 Å². The third kappa shape index (κ3) is 2.85. The molecule has 0 spiro atoms. The van der Waals surface area contributed by atoms with Crippen LogP contribution in [-0.4, -0.2) is 20.2 Å². The molecular weight excluding hydrogens is 374 g/mol. The van der Waals surface area contributed by atoms with Gasteiger partial charge >= 0.3 is 0 Å². The molecule has 7 nitrogen and oxygen atoms in total. The summed E-state index contributed by atoms with van der Waals surface area (Å²) in [4.78, 5) is 11.9. The molecule has 0 unspecified atom stereocenters. The highest BCUT2D eigenvalue weighted by atomic mass is 32.1. The summed E-state index contributed by atoms with van der Waals surface area (Å²) in [5.74, 6) is -0.195. The minimum atomic E-state index is -0.130. The average molecular weight is 387 g/mol. The first-order chi connectivity index (χ1) is 13.7. The molecule has 136 valence electrons. The Balaban J connectivity index is 1.47. The summed E-state index contributed by atoms with van der Waals surface area (Å²) in [7, 11) is 0. The van der Waals surface area contributed by atoms with Gasteiger partial charge in [0.15, 0.2) is 5.69 Å². The van der Waals surface area contributed by atoms with Crippen molar-refractivity contribution in [3.05, 3.63) is 69.7 Å². The van der Waals surface area contributed by atoms with Crippen molar-refractivity contribution in [2.24, 2.45) is 15.2 Å². The van der Waals surface area contributed by atoms with Crippen molar-refractivity contribution >= 4 is 45.2 Å². The zero-order valence-electron chi connectivity index (χ0n) is 14.4. The van der Waals surface area contributed by atoms with Gasteiger partial charge in [0, 0.05) is 10.6 Å². The Kier molecular flexibility index (Phi) is 3.77. The lowest BCUT2D eigenvalue weighted by Gasteiger charge is -1.89. The lowest BCUT2D eigenvalue weighted by Crippen LogP contribution is -2.19. The second kappa shape index (κ2) is 6.43. The van der Waals surface area contributed by atoms with Gasteiger partial charge in [0.25, 0.3) is 0 Å². The van der Waals surface area contributed by atoms with E-state index in [0.29, 0.717) is 10.6 Å². The Morgan fingerprint density at radius 1 is 1.00 bits per heavy atom. The molecule has 4 aromatic rings. The number of fused-ring (bicyclic) bond motifs is 2. The molecular formula is C20H13N5O2S. The van der Waals surface area contributed by atoms with E-state index < -0.39 is 0 Å². The molecule has 8 heteroatoms. The number of nitrogens with zero attached hydrogens (tertiary/aromatic N) is 4. The first-order valence-corrected chi connectivity index (χ1v) is 9.27. The number of rotatable bonds is 3. The van der Waals surface area contributed by atoms with Crippen LogP contribution in [-0.2, 0) is 0 Å². The van der Waals surface area contributed by atoms with Gasteiger partial charge in [-0.2, -0.15) is 4.98 Å². The standard InChI is InChI=1S/C20H13N5O2S/c26-18-16(10-12-9-11-5-1-3-7-14(11)21-12)28-20(23-18)25-24-17-13-6-2-4-8-15(13)22-19(17)27/h1-10,22,26-27H. The van der Waals surface area contributed by atoms with Gasteiger partial charge in [0.05, 0.1) is 21.4 Å². The summed E-state index contributed by atoms with van der Waals surface area (Å²) in [5.41, 5.74) is 1.83. The number of nitrogens with one attached hydrogen (secondary N) is 1. The number of aromatic amines is 1. The maximum Gasteiger partial charge on any atom is 0.233 e. The summed E-state index contributed by atoms with van der Waals surface area (Å²) >= 11 is 1.19. The maximum atomic E-state index is 10.1. The number of hydrogen-bond donors (Lipinski definition) is 3. The fraction of sp³-hybridized carbons (Fsp3) is 0. The number of allylic oxidation sites excluding steroid dienone is 1. The summed E-state index contributed by atoms with van der Waals surface area (Å²) in [5, 5.41) is 31.3. The molecule has 0 saturated carbocycles. The van der Waals surface area contributed by atoms with E-state index in [1.54, 1.807) is 6.08 Å². The van der Waals surface area contributed by atoms with Crippen molar-refractivity contribution in [3.8, 4) is 11.8 Å². The SMILES string of the molecule is Oc1nc(N=Nc2c(O)[nH]c3ccccc23)sc1C=C1C=c2ccccc2=N1.